The van der Waals surface area contributed by atoms with Crippen LogP contribution >= 0.6 is 11.3 Å². The maximum absolute atomic E-state index is 12.7. The van der Waals surface area contributed by atoms with E-state index in [4.69, 9.17) is 4.74 Å². The number of fused-ring (bicyclic) bond motifs is 2. The molecule has 0 aliphatic carbocycles. The average Bonchev–Trinajstić information content (AvgIpc) is 2.55. The van der Waals surface area contributed by atoms with Crippen LogP contribution in [-0.2, 0) is 0 Å². The van der Waals surface area contributed by atoms with Crippen molar-refractivity contribution < 1.29 is 14.6 Å². The Morgan fingerprint density at radius 1 is 1.22 bits per heavy atom. The van der Waals surface area contributed by atoms with Crippen molar-refractivity contribution in [2.75, 3.05) is 6.61 Å². The molecule has 1 aromatic heterocycles. The van der Waals surface area contributed by atoms with Crippen molar-refractivity contribution in [2.24, 2.45) is 0 Å². The van der Waals surface area contributed by atoms with E-state index in [-0.39, 0.29) is 11.0 Å². The number of carbonyl (C=O) groups is 1. The number of carboxylic acid groups (broad SMARTS) is 1. The molecule has 0 unspecified atom stereocenters. The summed E-state index contributed by atoms with van der Waals surface area (Å²) < 4.78 is 6.89. The highest BCUT2D eigenvalue weighted by molar-refractivity contribution is 7.24. The maximum atomic E-state index is 12.7. The first-order chi connectivity index (χ1) is 11.1. The summed E-state index contributed by atoms with van der Waals surface area (Å²) >= 11 is 1.32. The van der Waals surface area contributed by atoms with Crippen LogP contribution in [0.15, 0.2) is 41.2 Å². The summed E-state index contributed by atoms with van der Waals surface area (Å²) in [5.74, 6) is -0.621. The van der Waals surface area contributed by atoms with Gasteiger partial charge in [-0.15, -0.1) is 11.3 Å². The molecule has 0 saturated heterocycles. The van der Waals surface area contributed by atoms with Crippen molar-refractivity contribution in [3.8, 4) is 5.75 Å². The Balaban J connectivity index is 2.27. The second kappa shape index (κ2) is 6.38. The van der Waals surface area contributed by atoms with Gasteiger partial charge in [0.25, 0.3) is 0 Å². The zero-order chi connectivity index (χ0) is 16.4. The van der Waals surface area contributed by atoms with E-state index in [0.717, 1.165) is 17.5 Å². The summed E-state index contributed by atoms with van der Waals surface area (Å²) in [5.41, 5.74) is -0.0420. The lowest BCUT2D eigenvalue weighted by atomic mass is 10.1. The van der Waals surface area contributed by atoms with Crippen molar-refractivity contribution in [1.82, 2.24) is 0 Å². The molecule has 0 saturated carbocycles. The topological polar surface area (TPSA) is 63.6 Å². The van der Waals surface area contributed by atoms with Gasteiger partial charge in [-0.2, -0.15) is 0 Å². The lowest BCUT2D eigenvalue weighted by Gasteiger charge is -2.09. The molecule has 0 bridgehead atoms. The van der Waals surface area contributed by atoms with Crippen LogP contribution in [0.25, 0.3) is 20.2 Å². The number of aromatic carboxylic acids is 1. The quantitative estimate of drug-likeness (QED) is 0.560. The van der Waals surface area contributed by atoms with Crippen molar-refractivity contribution in [2.45, 2.75) is 19.8 Å². The molecule has 0 spiro atoms. The summed E-state index contributed by atoms with van der Waals surface area (Å²) in [6, 6.07) is 10.4. The first-order valence-corrected chi connectivity index (χ1v) is 8.29. The highest BCUT2D eigenvalue weighted by Crippen LogP contribution is 2.31. The Morgan fingerprint density at radius 3 is 2.74 bits per heavy atom. The second-order valence-corrected chi connectivity index (χ2v) is 6.33. The number of unbranched alkanes of at least 4 members (excludes halogenated alkanes) is 1. The van der Waals surface area contributed by atoms with Crippen LogP contribution in [0.1, 0.15) is 30.1 Å². The first kappa shape index (κ1) is 15.5. The summed E-state index contributed by atoms with van der Waals surface area (Å²) in [7, 11) is 0. The molecule has 4 nitrogen and oxygen atoms in total. The standard InChI is InChI=1S/C18H16O4S/c1-2-3-8-22-11-9-13-16(19)12-6-4-5-7-15(12)23-17(13)14(10-11)18(20)21/h4-7,9-10H,2-3,8H2,1H3,(H,20,21). The minimum atomic E-state index is -1.05. The molecule has 0 aliphatic heterocycles. The predicted molar refractivity (Wildman–Crippen MR) is 93.0 cm³/mol. The third-order valence-corrected chi connectivity index (χ3v) is 4.87. The van der Waals surface area contributed by atoms with E-state index in [2.05, 4.69) is 6.92 Å². The molecular formula is C18H16O4S. The zero-order valence-electron chi connectivity index (χ0n) is 12.7. The van der Waals surface area contributed by atoms with E-state index in [9.17, 15) is 14.7 Å². The fraction of sp³-hybridized carbons (Fsp3) is 0.222. The number of hydrogen-bond donors (Lipinski definition) is 1. The van der Waals surface area contributed by atoms with Crippen LogP contribution in [-0.4, -0.2) is 17.7 Å². The van der Waals surface area contributed by atoms with Crippen molar-refractivity contribution in [3.63, 3.8) is 0 Å². The fourth-order valence-electron chi connectivity index (χ4n) is 2.46. The molecule has 1 N–H and O–H groups in total. The summed E-state index contributed by atoms with van der Waals surface area (Å²) in [5, 5.41) is 10.5. The van der Waals surface area contributed by atoms with Gasteiger partial charge >= 0.3 is 5.97 Å². The highest BCUT2D eigenvalue weighted by atomic mass is 32.1. The molecule has 118 valence electrons. The normalized spacial score (nSPS) is 11.0. The predicted octanol–water partition coefficient (Wildman–Crippen LogP) is 4.29. The molecule has 1 heterocycles. The van der Waals surface area contributed by atoms with Gasteiger partial charge in [-0.05, 0) is 30.7 Å². The van der Waals surface area contributed by atoms with E-state index < -0.39 is 5.97 Å². The van der Waals surface area contributed by atoms with Crippen LogP contribution < -0.4 is 10.2 Å². The van der Waals surface area contributed by atoms with E-state index in [0.29, 0.717) is 27.8 Å². The molecule has 5 heteroatoms. The molecular weight excluding hydrogens is 312 g/mol. The number of carboxylic acids is 1. The van der Waals surface area contributed by atoms with Crippen LogP contribution in [0.4, 0.5) is 0 Å². The number of rotatable bonds is 5. The van der Waals surface area contributed by atoms with Gasteiger partial charge in [0.05, 0.1) is 16.9 Å². The molecule has 0 atom stereocenters. The van der Waals surface area contributed by atoms with Gasteiger partial charge < -0.3 is 9.84 Å². The second-order valence-electron chi connectivity index (χ2n) is 5.28. The molecule has 0 fully saturated rings. The molecule has 0 radical (unpaired) electrons. The van der Waals surface area contributed by atoms with E-state index in [1.807, 2.05) is 18.2 Å². The molecule has 3 rings (SSSR count). The maximum Gasteiger partial charge on any atom is 0.337 e. The number of benzene rings is 2. The van der Waals surface area contributed by atoms with Crippen LogP contribution in [0.3, 0.4) is 0 Å². The Bertz CT molecular complexity index is 943. The van der Waals surface area contributed by atoms with Gasteiger partial charge in [-0.25, -0.2) is 4.79 Å². The minimum absolute atomic E-state index is 0.113. The van der Waals surface area contributed by atoms with E-state index in [1.165, 1.54) is 17.4 Å². The molecule has 23 heavy (non-hydrogen) atoms. The molecule has 0 amide bonds. The van der Waals surface area contributed by atoms with Crippen LogP contribution in [0.2, 0.25) is 0 Å². The van der Waals surface area contributed by atoms with Crippen LogP contribution in [0.5, 0.6) is 5.75 Å². The Kier molecular flexibility index (Phi) is 4.30. The van der Waals surface area contributed by atoms with E-state index >= 15 is 0 Å². The summed E-state index contributed by atoms with van der Waals surface area (Å²) in [6.07, 6.45) is 1.86. The zero-order valence-corrected chi connectivity index (χ0v) is 13.5. The average molecular weight is 328 g/mol. The van der Waals surface area contributed by atoms with E-state index in [1.54, 1.807) is 12.1 Å². The molecule has 2 aromatic carbocycles. The first-order valence-electron chi connectivity index (χ1n) is 7.47. The Labute approximate surface area is 137 Å². The van der Waals surface area contributed by atoms with Crippen molar-refractivity contribution >= 4 is 37.5 Å². The summed E-state index contributed by atoms with van der Waals surface area (Å²) in [4.78, 5) is 24.3. The summed E-state index contributed by atoms with van der Waals surface area (Å²) in [6.45, 7) is 2.56. The van der Waals surface area contributed by atoms with Gasteiger partial charge in [-0.3, -0.25) is 4.79 Å². The number of ether oxygens (including phenoxy) is 1. The minimum Gasteiger partial charge on any atom is -0.494 e. The fourth-order valence-corrected chi connectivity index (χ4v) is 3.61. The van der Waals surface area contributed by atoms with Crippen molar-refractivity contribution in [1.29, 1.82) is 0 Å². The van der Waals surface area contributed by atoms with Gasteiger partial charge in [0.1, 0.15) is 5.75 Å². The smallest absolute Gasteiger partial charge is 0.337 e. The number of hydrogen-bond acceptors (Lipinski definition) is 4. The van der Waals surface area contributed by atoms with Gasteiger partial charge in [0.15, 0.2) is 5.43 Å². The SMILES string of the molecule is CCCCOc1cc(C(=O)O)c2sc3ccccc3c(=O)c2c1. The lowest BCUT2D eigenvalue weighted by Crippen LogP contribution is -2.06. The third-order valence-electron chi connectivity index (χ3n) is 3.65. The van der Waals surface area contributed by atoms with Crippen LogP contribution in [0, 0.1) is 0 Å². The molecule has 3 aromatic rings. The Hall–Kier alpha value is -2.40. The third kappa shape index (κ3) is 2.92. The van der Waals surface area contributed by atoms with Gasteiger partial charge in [0, 0.05) is 15.5 Å². The molecule has 0 aliphatic rings. The van der Waals surface area contributed by atoms with Gasteiger partial charge in [0.2, 0.25) is 0 Å². The van der Waals surface area contributed by atoms with Gasteiger partial charge in [-0.1, -0.05) is 25.5 Å². The highest BCUT2D eigenvalue weighted by Gasteiger charge is 2.16. The monoisotopic (exact) mass is 328 g/mol. The Morgan fingerprint density at radius 2 is 2.00 bits per heavy atom. The van der Waals surface area contributed by atoms with Crippen molar-refractivity contribution in [3.05, 3.63) is 52.2 Å². The lowest BCUT2D eigenvalue weighted by molar-refractivity contribution is 0.0698. The largest absolute Gasteiger partial charge is 0.494 e.